The Morgan fingerprint density at radius 2 is 1.60 bits per heavy atom. The maximum atomic E-state index is 13.1. The van der Waals surface area contributed by atoms with Gasteiger partial charge in [-0.3, -0.25) is 9.52 Å². The molecule has 0 spiro atoms. The van der Waals surface area contributed by atoms with E-state index in [1.165, 1.54) is 12.1 Å². The maximum Gasteiger partial charge on any atom is 0.261 e. The number of amides is 1. The molecule has 0 atom stereocenters. The molecule has 7 nitrogen and oxygen atoms in total. The van der Waals surface area contributed by atoms with Gasteiger partial charge in [0.15, 0.2) is 0 Å². The molecular weight excluding hydrogens is 469 g/mol. The van der Waals surface area contributed by atoms with E-state index in [-0.39, 0.29) is 17.2 Å². The summed E-state index contributed by atoms with van der Waals surface area (Å²) >= 11 is 0. The molecule has 9 heteroatoms. The average molecular weight is 500 g/mol. The minimum absolute atomic E-state index is 0.0414. The van der Waals surface area contributed by atoms with Crippen molar-refractivity contribution in [1.82, 2.24) is 4.90 Å². The number of likely N-dealkylation sites (N-methyl/N-ethyl adjacent to an activating group) is 1. The van der Waals surface area contributed by atoms with Gasteiger partial charge in [-0.05, 0) is 67.2 Å². The van der Waals surface area contributed by atoms with Gasteiger partial charge < -0.3 is 15.0 Å². The van der Waals surface area contributed by atoms with Crippen LogP contribution in [0.2, 0.25) is 0 Å². The van der Waals surface area contributed by atoms with Crippen molar-refractivity contribution in [2.24, 2.45) is 0 Å². The summed E-state index contributed by atoms with van der Waals surface area (Å²) in [5.41, 5.74) is 1.65. The Balaban J connectivity index is 1.57. The van der Waals surface area contributed by atoms with Crippen LogP contribution >= 0.6 is 0 Å². The molecule has 0 fully saturated rings. The minimum Gasteiger partial charge on any atom is -0.490 e. The number of hydrogen-bond donors (Lipinski definition) is 2. The van der Waals surface area contributed by atoms with E-state index in [2.05, 4.69) is 28.8 Å². The van der Waals surface area contributed by atoms with Crippen molar-refractivity contribution in [3.63, 3.8) is 0 Å². The Labute approximate surface area is 206 Å². The van der Waals surface area contributed by atoms with Crippen molar-refractivity contribution in [3.05, 3.63) is 84.2 Å². The molecule has 0 aliphatic carbocycles. The fourth-order valence-electron chi connectivity index (χ4n) is 3.42. The van der Waals surface area contributed by atoms with Crippen molar-refractivity contribution in [2.75, 3.05) is 36.3 Å². The van der Waals surface area contributed by atoms with Crippen molar-refractivity contribution < 1.29 is 22.3 Å². The number of sulfonamides is 1. The molecule has 0 saturated carbocycles. The number of carbonyl (C=O) groups is 1. The highest BCUT2D eigenvalue weighted by molar-refractivity contribution is 7.92. The molecule has 3 aromatic carbocycles. The molecule has 186 valence electrons. The van der Waals surface area contributed by atoms with Gasteiger partial charge in [-0.25, -0.2) is 12.8 Å². The predicted octanol–water partition coefficient (Wildman–Crippen LogP) is 4.53. The molecule has 0 radical (unpaired) electrons. The third kappa shape index (κ3) is 7.80. The van der Waals surface area contributed by atoms with Gasteiger partial charge in [-0.15, -0.1) is 0 Å². The summed E-state index contributed by atoms with van der Waals surface area (Å²) in [6.07, 6.45) is 0.110. The molecule has 0 bridgehead atoms. The Morgan fingerprint density at radius 1 is 0.943 bits per heavy atom. The van der Waals surface area contributed by atoms with E-state index in [0.717, 1.165) is 31.8 Å². The molecule has 1 amide bonds. The highest BCUT2D eigenvalue weighted by Crippen LogP contribution is 2.24. The number of halogens is 1. The van der Waals surface area contributed by atoms with E-state index in [0.29, 0.717) is 29.3 Å². The molecule has 0 aliphatic heterocycles. The van der Waals surface area contributed by atoms with Gasteiger partial charge >= 0.3 is 0 Å². The average Bonchev–Trinajstić information content (AvgIpc) is 2.84. The first-order valence-electron chi connectivity index (χ1n) is 11.4. The second-order valence-electron chi connectivity index (χ2n) is 7.85. The molecule has 0 aromatic heterocycles. The van der Waals surface area contributed by atoms with Gasteiger partial charge in [-0.2, -0.15) is 0 Å². The maximum absolute atomic E-state index is 13.1. The van der Waals surface area contributed by atoms with Gasteiger partial charge in [-0.1, -0.05) is 38.1 Å². The SMILES string of the molecule is CCN(CC)CCOc1ccccc1NC(=O)Cc1ccc(NS(=O)(=O)c2ccc(F)cc2)cc1. The summed E-state index contributed by atoms with van der Waals surface area (Å²) in [7, 11) is -3.84. The van der Waals surface area contributed by atoms with E-state index >= 15 is 0 Å². The molecule has 0 aliphatic rings. The quantitative estimate of drug-likeness (QED) is 0.382. The summed E-state index contributed by atoms with van der Waals surface area (Å²) in [6.45, 7) is 7.42. The fraction of sp³-hybridized carbons (Fsp3) is 0.269. The van der Waals surface area contributed by atoms with Gasteiger partial charge in [0.2, 0.25) is 5.91 Å². The highest BCUT2D eigenvalue weighted by Gasteiger charge is 2.14. The summed E-state index contributed by atoms with van der Waals surface area (Å²) < 4.78 is 46.3. The van der Waals surface area contributed by atoms with Crippen LogP contribution in [0.1, 0.15) is 19.4 Å². The topological polar surface area (TPSA) is 87.7 Å². The minimum atomic E-state index is -3.84. The zero-order valence-electron chi connectivity index (χ0n) is 19.8. The number of nitrogens with zero attached hydrogens (tertiary/aromatic N) is 1. The lowest BCUT2D eigenvalue weighted by molar-refractivity contribution is -0.115. The first-order valence-corrected chi connectivity index (χ1v) is 12.9. The Hall–Kier alpha value is -3.43. The standard InChI is InChI=1S/C26H30FN3O4S/c1-3-30(4-2)17-18-34-25-8-6-5-7-24(25)28-26(31)19-20-9-13-22(14-10-20)29-35(32,33)23-15-11-21(27)12-16-23/h5-16,29H,3-4,17-19H2,1-2H3,(H,28,31). The first kappa shape index (κ1) is 26.2. The third-order valence-electron chi connectivity index (χ3n) is 5.42. The van der Waals surface area contributed by atoms with Crippen LogP contribution in [0.4, 0.5) is 15.8 Å². The number of benzene rings is 3. The van der Waals surface area contributed by atoms with Crippen LogP contribution in [0.15, 0.2) is 77.7 Å². The zero-order valence-corrected chi connectivity index (χ0v) is 20.6. The van der Waals surface area contributed by atoms with E-state index < -0.39 is 15.8 Å². The summed E-state index contributed by atoms with van der Waals surface area (Å²) in [5, 5.41) is 2.88. The van der Waals surface area contributed by atoms with E-state index in [1.807, 2.05) is 18.2 Å². The molecule has 0 heterocycles. The second-order valence-corrected chi connectivity index (χ2v) is 9.54. The molecule has 3 rings (SSSR count). The Bertz CT molecular complexity index is 1210. The van der Waals surface area contributed by atoms with Crippen molar-refractivity contribution in [3.8, 4) is 5.75 Å². The summed E-state index contributed by atoms with van der Waals surface area (Å²) in [5.74, 6) is -0.122. The van der Waals surface area contributed by atoms with Gasteiger partial charge in [0, 0.05) is 12.2 Å². The normalized spacial score (nSPS) is 11.3. The summed E-state index contributed by atoms with van der Waals surface area (Å²) in [4.78, 5) is 14.8. The molecule has 2 N–H and O–H groups in total. The highest BCUT2D eigenvalue weighted by atomic mass is 32.2. The number of hydrogen-bond acceptors (Lipinski definition) is 5. The van der Waals surface area contributed by atoms with Crippen LogP contribution in [0, 0.1) is 5.82 Å². The van der Waals surface area contributed by atoms with Crippen molar-refractivity contribution in [1.29, 1.82) is 0 Å². The van der Waals surface area contributed by atoms with Crippen molar-refractivity contribution in [2.45, 2.75) is 25.2 Å². The smallest absolute Gasteiger partial charge is 0.261 e. The van der Waals surface area contributed by atoms with Crippen LogP contribution in [0.5, 0.6) is 5.75 Å². The number of carbonyl (C=O) groups excluding carboxylic acids is 1. The van der Waals surface area contributed by atoms with Crippen LogP contribution < -0.4 is 14.8 Å². The zero-order chi connectivity index (χ0) is 25.3. The predicted molar refractivity (Wildman–Crippen MR) is 136 cm³/mol. The first-order chi connectivity index (χ1) is 16.8. The number of para-hydroxylation sites is 2. The number of nitrogens with one attached hydrogen (secondary N) is 2. The number of anilines is 2. The fourth-order valence-corrected chi connectivity index (χ4v) is 4.48. The lowest BCUT2D eigenvalue weighted by atomic mass is 10.1. The number of rotatable bonds is 12. The van der Waals surface area contributed by atoms with Crippen LogP contribution in [0.25, 0.3) is 0 Å². The van der Waals surface area contributed by atoms with Crippen LogP contribution in [0.3, 0.4) is 0 Å². The molecule has 0 saturated heterocycles. The molecule has 0 unspecified atom stereocenters. The lowest BCUT2D eigenvalue weighted by Gasteiger charge is -2.19. The van der Waals surface area contributed by atoms with E-state index in [1.54, 1.807) is 30.3 Å². The van der Waals surface area contributed by atoms with Crippen molar-refractivity contribution >= 4 is 27.3 Å². The molecular formula is C26H30FN3O4S. The Morgan fingerprint density at radius 3 is 2.26 bits per heavy atom. The van der Waals surface area contributed by atoms with E-state index in [9.17, 15) is 17.6 Å². The monoisotopic (exact) mass is 499 g/mol. The lowest BCUT2D eigenvalue weighted by Crippen LogP contribution is -2.28. The van der Waals surface area contributed by atoms with E-state index in [4.69, 9.17) is 4.74 Å². The largest absolute Gasteiger partial charge is 0.490 e. The Kier molecular flexibility index (Phi) is 9.22. The van der Waals surface area contributed by atoms with Gasteiger partial charge in [0.1, 0.15) is 18.2 Å². The molecule has 35 heavy (non-hydrogen) atoms. The molecule has 3 aromatic rings. The van der Waals surface area contributed by atoms with Crippen LogP contribution in [-0.4, -0.2) is 45.5 Å². The third-order valence-corrected chi connectivity index (χ3v) is 6.81. The van der Waals surface area contributed by atoms with Crippen LogP contribution in [-0.2, 0) is 21.2 Å². The second kappa shape index (κ2) is 12.3. The van der Waals surface area contributed by atoms with Gasteiger partial charge in [0.25, 0.3) is 10.0 Å². The number of ether oxygens (including phenoxy) is 1. The van der Waals surface area contributed by atoms with Gasteiger partial charge in [0.05, 0.1) is 17.0 Å². The summed E-state index contributed by atoms with van der Waals surface area (Å²) in [6, 6.07) is 18.4.